The zero-order chi connectivity index (χ0) is 15.2. The highest BCUT2D eigenvalue weighted by Crippen LogP contribution is 2.18. The summed E-state index contributed by atoms with van der Waals surface area (Å²) in [5.74, 6) is -0.189. The molecule has 1 nitrogen and oxygen atoms in total. The Morgan fingerprint density at radius 1 is 1.14 bits per heavy atom. The Labute approximate surface area is 134 Å². The smallest absolute Gasteiger partial charge is 0.124 e. The van der Waals surface area contributed by atoms with Gasteiger partial charge in [0.05, 0.1) is 0 Å². The van der Waals surface area contributed by atoms with Crippen molar-refractivity contribution in [3.63, 3.8) is 0 Å². The predicted octanol–water partition coefficient (Wildman–Crippen LogP) is 4.66. The molecule has 112 valence electrons. The van der Waals surface area contributed by atoms with Gasteiger partial charge in [-0.05, 0) is 61.2 Å². The van der Waals surface area contributed by atoms with Crippen molar-refractivity contribution in [2.24, 2.45) is 0 Å². The summed E-state index contributed by atoms with van der Waals surface area (Å²) in [5.41, 5.74) is 3.67. The van der Waals surface area contributed by atoms with E-state index in [2.05, 4.69) is 59.4 Å². The lowest BCUT2D eigenvalue weighted by molar-refractivity contribution is 0.518. The van der Waals surface area contributed by atoms with Crippen LogP contribution in [0.5, 0.6) is 0 Å². The van der Waals surface area contributed by atoms with Gasteiger partial charge < -0.3 is 5.32 Å². The highest BCUT2D eigenvalue weighted by Gasteiger charge is 2.12. The van der Waals surface area contributed by atoms with Crippen molar-refractivity contribution in [1.29, 1.82) is 0 Å². The minimum atomic E-state index is -0.189. The van der Waals surface area contributed by atoms with E-state index >= 15 is 0 Å². The molecule has 0 spiro atoms. The fraction of sp³-hybridized carbons (Fsp3) is 0.333. The highest BCUT2D eigenvalue weighted by atomic mass is 79.9. The fourth-order valence-electron chi connectivity index (χ4n) is 2.62. The minimum Gasteiger partial charge on any atom is -0.314 e. The second-order valence-electron chi connectivity index (χ2n) is 5.37. The molecule has 1 N–H and O–H groups in total. The van der Waals surface area contributed by atoms with Gasteiger partial charge in [0, 0.05) is 10.5 Å². The topological polar surface area (TPSA) is 12.0 Å². The Bertz CT molecular complexity index is 577. The van der Waals surface area contributed by atoms with Crippen LogP contribution in [0.15, 0.2) is 46.9 Å². The van der Waals surface area contributed by atoms with Crippen LogP contribution in [0.2, 0.25) is 0 Å². The largest absolute Gasteiger partial charge is 0.314 e. The van der Waals surface area contributed by atoms with Crippen molar-refractivity contribution < 1.29 is 4.39 Å². The molecule has 21 heavy (non-hydrogen) atoms. The number of nitrogens with one attached hydrogen (secondary N) is 1. The van der Waals surface area contributed by atoms with E-state index in [0.29, 0.717) is 6.04 Å². The normalized spacial score (nSPS) is 12.4. The molecule has 2 aromatic rings. The lowest BCUT2D eigenvalue weighted by atomic mass is 9.96. The second kappa shape index (κ2) is 7.71. The lowest BCUT2D eigenvalue weighted by Gasteiger charge is -2.19. The van der Waals surface area contributed by atoms with Crippen LogP contribution in [0.25, 0.3) is 0 Å². The molecule has 1 atom stereocenters. The summed E-state index contributed by atoms with van der Waals surface area (Å²) in [4.78, 5) is 0. The van der Waals surface area contributed by atoms with Crippen LogP contribution >= 0.6 is 15.9 Å². The molecule has 0 aliphatic rings. The van der Waals surface area contributed by atoms with Gasteiger partial charge >= 0.3 is 0 Å². The molecule has 3 heteroatoms. The minimum absolute atomic E-state index is 0.189. The van der Waals surface area contributed by atoms with Gasteiger partial charge in [0.2, 0.25) is 0 Å². The maximum Gasteiger partial charge on any atom is 0.124 e. The molecule has 1 unspecified atom stereocenters. The predicted molar refractivity (Wildman–Crippen MR) is 90.2 cm³/mol. The number of rotatable bonds is 6. The van der Waals surface area contributed by atoms with Crippen LogP contribution in [0.4, 0.5) is 4.39 Å². The average molecular weight is 350 g/mol. The number of benzene rings is 2. The first-order valence-electron chi connectivity index (χ1n) is 7.31. The Morgan fingerprint density at radius 3 is 2.57 bits per heavy atom. The molecule has 0 heterocycles. The fourth-order valence-corrected chi connectivity index (χ4v) is 3.14. The molecule has 0 aromatic heterocycles. The highest BCUT2D eigenvalue weighted by molar-refractivity contribution is 9.10. The van der Waals surface area contributed by atoms with Gasteiger partial charge in [0.25, 0.3) is 0 Å². The van der Waals surface area contributed by atoms with Crippen molar-refractivity contribution in [1.82, 2.24) is 5.32 Å². The third kappa shape index (κ3) is 4.94. The van der Waals surface area contributed by atoms with Gasteiger partial charge in [-0.25, -0.2) is 4.39 Å². The number of likely N-dealkylation sites (N-methyl/N-ethyl adjacent to an activating group) is 1. The number of hydrogen-bond acceptors (Lipinski definition) is 1. The second-order valence-corrected chi connectivity index (χ2v) is 6.28. The van der Waals surface area contributed by atoms with Gasteiger partial charge in [0.15, 0.2) is 0 Å². The first kappa shape index (κ1) is 16.2. The first-order chi connectivity index (χ1) is 10.1. The molecule has 0 fully saturated rings. The van der Waals surface area contributed by atoms with Crippen LogP contribution in [0.1, 0.15) is 23.6 Å². The quantitative estimate of drug-likeness (QED) is 0.799. The molecule has 0 saturated carbocycles. The summed E-state index contributed by atoms with van der Waals surface area (Å²) < 4.78 is 14.3. The van der Waals surface area contributed by atoms with Crippen molar-refractivity contribution in [2.45, 2.75) is 32.7 Å². The van der Waals surface area contributed by atoms with Gasteiger partial charge in [-0.2, -0.15) is 0 Å². The first-order valence-corrected chi connectivity index (χ1v) is 8.10. The summed E-state index contributed by atoms with van der Waals surface area (Å²) in [6, 6.07) is 13.9. The molecular formula is C18H21BrFN. The van der Waals surface area contributed by atoms with E-state index < -0.39 is 0 Å². The molecule has 0 radical (unpaired) electrons. The maximum atomic E-state index is 13.5. The van der Waals surface area contributed by atoms with Gasteiger partial charge in [-0.1, -0.05) is 47.1 Å². The van der Waals surface area contributed by atoms with Crippen LogP contribution in [0, 0.1) is 12.7 Å². The summed E-state index contributed by atoms with van der Waals surface area (Å²) in [6.45, 7) is 5.15. The summed E-state index contributed by atoms with van der Waals surface area (Å²) in [5, 5.41) is 3.51. The number of halogens is 2. The molecule has 0 saturated heterocycles. The number of aryl methyl sites for hydroxylation is 1. The molecule has 0 aliphatic heterocycles. The molecule has 0 amide bonds. The van der Waals surface area contributed by atoms with E-state index in [9.17, 15) is 4.39 Å². The van der Waals surface area contributed by atoms with Crippen LogP contribution in [0.3, 0.4) is 0 Å². The lowest BCUT2D eigenvalue weighted by Crippen LogP contribution is -2.33. The summed E-state index contributed by atoms with van der Waals surface area (Å²) in [7, 11) is 0. The number of hydrogen-bond donors (Lipinski definition) is 1. The zero-order valence-electron chi connectivity index (χ0n) is 12.5. The van der Waals surface area contributed by atoms with Crippen molar-refractivity contribution in [2.75, 3.05) is 6.54 Å². The van der Waals surface area contributed by atoms with E-state index in [1.165, 1.54) is 17.2 Å². The summed E-state index contributed by atoms with van der Waals surface area (Å²) in [6.07, 6.45) is 1.77. The van der Waals surface area contributed by atoms with Gasteiger partial charge in [-0.3, -0.25) is 0 Å². The molecule has 0 bridgehead atoms. The van der Waals surface area contributed by atoms with Gasteiger partial charge in [-0.15, -0.1) is 0 Å². The van der Waals surface area contributed by atoms with E-state index in [1.807, 2.05) is 6.07 Å². The van der Waals surface area contributed by atoms with Crippen molar-refractivity contribution in [3.8, 4) is 0 Å². The van der Waals surface area contributed by atoms with Crippen LogP contribution in [-0.4, -0.2) is 12.6 Å². The zero-order valence-corrected chi connectivity index (χ0v) is 14.1. The third-order valence-corrected chi connectivity index (χ3v) is 4.08. The van der Waals surface area contributed by atoms with Crippen LogP contribution in [-0.2, 0) is 12.8 Å². The van der Waals surface area contributed by atoms with E-state index in [0.717, 1.165) is 29.4 Å². The average Bonchev–Trinajstić information content (AvgIpc) is 2.40. The standard InChI is InChI=1S/C18H21BrFN/c1-3-21-18(11-15-7-5-4-6-13(15)2)10-14-8-16(19)12-17(20)9-14/h4-9,12,18,21H,3,10-11H2,1-2H3. The maximum absolute atomic E-state index is 13.5. The van der Waals surface area contributed by atoms with Gasteiger partial charge in [0.1, 0.15) is 5.82 Å². The molecule has 2 aromatic carbocycles. The van der Waals surface area contributed by atoms with Crippen LogP contribution < -0.4 is 5.32 Å². The SMILES string of the molecule is CCNC(Cc1cc(F)cc(Br)c1)Cc1ccccc1C. The van der Waals surface area contributed by atoms with Crippen molar-refractivity contribution in [3.05, 3.63) is 69.4 Å². The Morgan fingerprint density at radius 2 is 1.90 bits per heavy atom. The molecule has 2 rings (SSSR count). The molecule has 0 aliphatic carbocycles. The Kier molecular flexibility index (Phi) is 5.95. The van der Waals surface area contributed by atoms with E-state index in [1.54, 1.807) is 6.07 Å². The molecular weight excluding hydrogens is 329 g/mol. The van der Waals surface area contributed by atoms with E-state index in [4.69, 9.17) is 0 Å². The Hall–Kier alpha value is -1.19. The monoisotopic (exact) mass is 349 g/mol. The Balaban J connectivity index is 2.13. The summed E-state index contributed by atoms with van der Waals surface area (Å²) >= 11 is 3.36. The van der Waals surface area contributed by atoms with Crippen molar-refractivity contribution >= 4 is 15.9 Å². The van der Waals surface area contributed by atoms with E-state index in [-0.39, 0.29) is 5.82 Å². The third-order valence-electron chi connectivity index (χ3n) is 3.62.